The van der Waals surface area contributed by atoms with Gasteiger partial charge in [0.05, 0.1) is 36.1 Å². The normalized spacial score (nSPS) is 17.2. The van der Waals surface area contributed by atoms with Crippen LogP contribution in [0, 0.1) is 6.92 Å². The minimum atomic E-state index is -0.906. The summed E-state index contributed by atoms with van der Waals surface area (Å²) in [4.78, 5) is 32.8. The zero-order chi connectivity index (χ0) is 24.7. The average Bonchev–Trinajstić information content (AvgIpc) is 3.41. The number of rotatable bonds is 5. The van der Waals surface area contributed by atoms with E-state index in [2.05, 4.69) is 4.98 Å². The minimum absolute atomic E-state index is 0.0103. The number of Topliss-reactive ketones (excluding diaryl/α,β-unsaturated/α-hetero) is 1. The van der Waals surface area contributed by atoms with Gasteiger partial charge >= 0.3 is 5.91 Å². The van der Waals surface area contributed by atoms with E-state index in [1.54, 1.807) is 42.5 Å². The summed E-state index contributed by atoms with van der Waals surface area (Å²) in [5.74, 6) is -0.829. The van der Waals surface area contributed by atoms with Crippen LogP contribution in [0.25, 0.3) is 16.0 Å². The Balaban J connectivity index is 1.75. The number of fused-ring (bicyclic) bond motifs is 1. The highest BCUT2D eigenvalue weighted by Crippen LogP contribution is 2.45. The van der Waals surface area contributed by atoms with Crippen LogP contribution < -0.4 is 14.4 Å². The summed E-state index contributed by atoms with van der Waals surface area (Å²) in [5, 5.41) is 11.6. The van der Waals surface area contributed by atoms with Crippen LogP contribution in [-0.2, 0) is 9.59 Å². The van der Waals surface area contributed by atoms with Gasteiger partial charge in [-0.2, -0.15) is 0 Å². The molecule has 1 aliphatic heterocycles. The molecule has 0 unspecified atom stereocenters. The summed E-state index contributed by atoms with van der Waals surface area (Å²) >= 11 is 1.32. The van der Waals surface area contributed by atoms with Crippen molar-refractivity contribution in [3.63, 3.8) is 0 Å². The number of nitrogens with zero attached hydrogens (tertiary/aromatic N) is 2. The number of thiazole rings is 1. The third kappa shape index (κ3) is 3.81. The van der Waals surface area contributed by atoms with Crippen molar-refractivity contribution in [1.82, 2.24) is 4.98 Å². The van der Waals surface area contributed by atoms with Crippen molar-refractivity contribution < 1.29 is 24.2 Å². The van der Waals surface area contributed by atoms with Gasteiger partial charge in [0.25, 0.3) is 5.78 Å². The molecule has 2 heterocycles. The maximum Gasteiger partial charge on any atom is 0.301 e. The van der Waals surface area contributed by atoms with E-state index in [1.807, 2.05) is 31.2 Å². The molecule has 0 spiro atoms. The molecule has 8 heteroatoms. The van der Waals surface area contributed by atoms with Crippen LogP contribution in [0.4, 0.5) is 5.13 Å². The SMILES string of the molecule is COc1ccc([C@H]2/C(=C(\O)c3ccccc3)C(=O)C(=O)N2c2nc3ccc(C)cc3s2)cc1OC. The fourth-order valence-corrected chi connectivity index (χ4v) is 5.33. The number of benzene rings is 3. The molecular formula is C27H22N2O5S. The summed E-state index contributed by atoms with van der Waals surface area (Å²) in [5.41, 5.74) is 2.80. The van der Waals surface area contributed by atoms with E-state index >= 15 is 0 Å². The number of aromatic nitrogens is 1. The zero-order valence-corrected chi connectivity index (χ0v) is 20.1. The first-order valence-corrected chi connectivity index (χ1v) is 11.7. The van der Waals surface area contributed by atoms with E-state index in [0.29, 0.717) is 27.8 Å². The smallest absolute Gasteiger partial charge is 0.301 e. The van der Waals surface area contributed by atoms with Gasteiger partial charge in [-0.3, -0.25) is 14.5 Å². The van der Waals surface area contributed by atoms with Crippen molar-refractivity contribution >= 4 is 44.1 Å². The molecule has 35 heavy (non-hydrogen) atoms. The Labute approximate surface area is 205 Å². The highest BCUT2D eigenvalue weighted by atomic mass is 32.1. The number of carbonyl (C=O) groups is 2. The molecule has 5 rings (SSSR count). The second-order valence-electron chi connectivity index (χ2n) is 8.12. The number of ketones is 1. The Morgan fingerprint density at radius 3 is 2.43 bits per heavy atom. The molecule has 3 aromatic carbocycles. The first-order valence-electron chi connectivity index (χ1n) is 10.9. The number of aliphatic hydroxyl groups excluding tert-OH is 1. The van der Waals surface area contributed by atoms with E-state index in [1.165, 1.54) is 30.5 Å². The second kappa shape index (κ2) is 8.88. The van der Waals surface area contributed by atoms with Gasteiger partial charge in [-0.05, 0) is 42.3 Å². The number of anilines is 1. The maximum atomic E-state index is 13.4. The summed E-state index contributed by atoms with van der Waals surface area (Å²) < 4.78 is 11.7. The van der Waals surface area contributed by atoms with Crippen molar-refractivity contribution in [3.8, 4) is 11.5 Å². The van der Waals surface area contributed by atoms with Gasteiger partial charge in [-0.25, -0.2) is 4.98 Å². The Morgan fingerprint density at radius 1 is 0.971 bits per heavy atom. The van der Waals surface area contributed by atoms with Crippen molar-refractivity contribution in [2.75, 3.05) is 19.1 Å². The van der Waals surface area contributed by atoms with E-state index < -0.39 is 17.7 Å². The van der Waals surface area contributed by atoms with Gasteiger partial charge in [0.15, 0.2) is 16.6 Å². The first-order chi connectivity index (χ1) is 16.9. The number of methoxy groups -OCH3 is 2. The lowest BCUT2D eigenvalue weighted by molar-refractivity contribution is -0.132. The fourth-order valence-electron chi connectivity index (χ4n) is 4.24. The number of aryl methyl sites for hydroxylation is 1. The molecule has 1 amide bonds. The quantitative estimate of drug-likeness (QED) is 0.236. The number of ether oxygens (including phenoxy) is 2. The Kier molecular flexibility index (Phi) is 5.74. The number of amides is 1. The molecule has 0 bridgehead atoms. The maximum absolute atomic E-state index is 13.4. The van der Waals surface area contributed by atoms with Gasteiger partial charge in [-0.15, -0.1) is 0 Å². The summed E-state index contributed by atoms with van der Waals surface area (Å²) in [6.07, 6.45) is 0. The van der Waals surface area contributed by atoms with E-state index in [9.17, 15) is 14.7 Å². The van der Waals surface area contributed by atoms with Crippen molar-refractivity contribution in [2.24, 2.45) is 0 Å². The standard InChI is InChI=1S/C27H22N2O5S/c1-15-9-11-18-21(13-15)35-27(28-18)29-23(17-10-12-19(33-2)20(14-17)34-3)22(25(31)26(29)32)24(30)16-7-5-4-6-8-16/h4-14,23,30H,1-3H3/b24-22+/t23-/m0/s1. The lowest BCUT2D eigenvalue weighted by Gasteiger charge is -2.23. The van der Waals surface area contributed by atoms with Crippen molar-refractivity contribution in [2.45, 2.75) is 13.0 Å². The lowest BCUT2D eigenvalue weighted by Crippen LogP contribution is -2.29. The highest BCUT2D eigenvalue weighted by molar-refractivity contribution is 7.22. The van der Waals surface area contributed by atoms with Crippen LogP contribution >= 0.6 is 11.3 Å². The monoisotopic (exact) mass is 486 g/mol. The second-order valence-corrected chi connectivity index (χ2v) is 9.13. The third-order valence-corrected chi connectivity index (χ3v) is 6.97. The van der Waals surface area contributed by atoms with Crippen LogP contribution in [-0.4, -0.2) is 36.0 Å². The fraction of sp³-hybridized carbons (Fsp3) is 0.148. The number of hydrogen-bond acceptors (Lipinski definition) is 7. The van der Waals surface area contributed by atoms with Crippen LogP contribution in [0.1, 0.15) is 22.7 Å². The largest absolute Gasteiger partial charge is 0.507 e. The van der Waals surface area contributed by atoms with Gasteiger partial charge in [0.2, 0.25) is 0 Å². The van der Waals surface area contributed by atoms with Gasteiger partial charge in [-0.1, -0.05) is 53.8 Å². The summed E-state index contributed by atoms with van der Waals surface area (Å²) in [7, 11) is 3.04. The van der Waals surface area contributed by atoms with Crippen LogP contribution in [0.15, 0.2) is 72.3 Å². The van der Waals surface area contributed by atoms with Gasteiger partial charge < -0.3 is 14.6 Å². The molecule has 176 valence electrons. The highest BCUT2D eigenvalue weighted by Gasteiger charge is 2.48. The predicted octanol–water partition coefficient (Wildman–Crippen LogP) is 5.25. The van der Waals surface area contributed by atoms with Crippen LogP contribution in [0.2, 0.25) is 0 Å². The predicted molar refractivity (Wildman–Crippen MR) is 135 cm³/mol. The molecule has 4 aromatic rings. The molecule has 0 aliphatic carbocycles. The number of hydrogen-bond donors (Lipinski definition) is 1. The molecule has 1 aromatic heterocycles. The van der Waals surface area contributed by atoms with Crippen LogP contribution in [0.3, 0.4) is 0 Å². The number of aliphatic hydroxyl groups is 1. The molecule has 0 saturated carbocycles. The molecular weight excluding hydrogens is 464 g/mol. The lowest BCUT2D eigenvalue weighted by atomic mass is 9.95. The molecule has 1 N–H and O–H groups in total. The summed E-state index contributed by atoms with van der Waals surface area (Å²) in [6, 6.07) is 18.8. The first kappa shape index (κ1) is 22.6. The molecule has 1 fully saturated rings. The van der Waals surface area contributed by atoms with Crippen molar-refractivity contribution in [3.05, 3.63) is 89.0 Å². The third-order valence-electron chi connectivity index (χ3n) is 5.95. The molecule has 1 atom stereocenters. The summed E-state index contributed by atoms with van der Waals surface area (Å²) in [6.45, 7) is 1.98. The molecule has 1 aliphatic rings. The van der Waals surface area contributed by atoms with Crippen molar-refractivity contribution in [1.29, 1.82) is 0 Å². The van der Waals surface area contributed by atoms with E-state index in [4.69, 9.17) is 9.47 Å². The van der Waals surface area contributed by atoms with Gasteiger partial charge in [0.1, 0.15) is 5.76 Å². The number of carbonyl (C=O) groups excluding carboxylic acids is 2. The molecule has 7 nitrogen and oxygen atoms in total. The zero-order valence-electron chi connectivity index (χ0n) is 19.3. The van der Waals surface area contributed by atoms with Crippen LogP contribution in [0.5, 0.6) is 11.5 Å². The molecule has 0 radical (unpaired) electrons. The minimum Gasteiger partial charge on any atom is -0.507 e. The average molecular weight is 487 g/mol. The Morgan fingerprint density at radius 2 is 1.71 bits per heavy atom. The van der Waals surface area contributed by atoms with E-state index in [0.717, 1.165) is 15.8 Å². The van der Waals surface area contributed by atoms with E-state index in [-0.39, 0.29) is 11.3 Å². The van der Waals surface area contributed by atoms with Gasteiger partial charge in [0, 0.05) is 5.56 Å². The topological polar surface area (TPSA) is 89.0 Å². The Hall–Kier alpha value is -4.17. The Bertz CT molecular complexity index is 1490. The molecule has 1 saturated heterocycles.